The van der Waals surface area contributed by atoms with Gasteiger partial charge in [-0.3, -0.25) is 4.79 Å². The lowest BCUT2D eigenvalue weighted by molar-refractivity contribution is -0.113. The van der Waals surface area contributed by atoms with Crippen molar-refractivity contribution >= 4 is 29.2 Å². The standard InChI is InChI=1S/C24H28N4O3S/c1-16-6-4-5-7-20(16)26-21(29)15-32-23-18(13-25)17-12-24(2,3)31-14-19(17)22(27-23)28-8-10-30-11-9-28/h4-7H,8-12,14-15H2,1-3H3,(H,26,29). The first-order chi connectivity index (χ1) is 15.4. The smallest absolute Gasteiger partial charge is 0.234 e. The monoisotopic (exact) mass is 452 g/mol. The number of para-hydroxylation sites is 1. The van der Waals surface area contributed by atoms with Gasteiger partial charge in [0.25, 0.3) is 0 Å². The molecule has 1 N–H and O–H groups in total. The van der Waals surface area contributed by atoms with Crippen molar-refractivity contribution in [3.8, 4) is 6.07 Å². The van der Waals surface area contributed by atoms with Crippen LogP contribution in [0.2, 0.25) is 0 Å². The first-order valence-corrected chi connectivity index (χ1v) is 11.8. The van der Waals surface area contributed by atoms with Crippen molar-refractivity contribution in [2.75, 3.05) is 42.3 Å². The third-order valence-corrected chi connectivity index (χ3v) is 6.72. The highest BCUT2D eigenvalue weighted by molar-refractivity contribution is 8.00. The van der Waals surface area contributed by atoms with Gasteiger partial charge in [0.15, 0.2) is 0 Å². The molecule has 4 rings (SSSR count). The van der Waals surface area contributed by atoms with E-state index < -0.39 is 0 Å². The first-order valence-electron chi connectivity index (χ1n) is 10.8. The van der Waals surface area contributed by atoms with Crippen LogP contribution in [0.1, 0.15) is 36.1 Å². The van der Waals surface area contributed by atoms with E-state index in [9.17, 15) is 10.1 Å². The van der Waals surface area contributed by atoms with Crippen LogP contribution in [0, 0.1) is 18.3 Å². The molecule has 8 heteroatoms. The van der Waals surface area contributed by atoms with Crippen LogP contribution in [0.15, 0.2) is 29.3 Å². The quantitative estimate of drug-likeness (QED) is 0.693. The second kappa shape index (κ2) is 9.49. The topological polar surface area (TPSA) is 87.5 Å². The number of nitrogens with zero attached hydrogens (tertiary/aromatic N) is 3. The maximum atomic E-state index is 12.6. The summed E-state index contributed by atoms with van der Waals surface area (Å²) in [6.07, 6.45) is 0.633. The third-order valence-electron chi connectivity index (χ3n) is 5.75. The highest BCUT2D eigenvalue weighted by Crippen LogP contribution is 2.38. The number of nitriles is 1. The summed E-state index contributed by atoms with van der Waals surface area (Å²) in [7, 11) is 0. The van der Waals surface area contributed by atoms with Crippen molar-refractivity contribution in [3.63, 3.8) is 0 Å². The van der Waals surface area contributed by atoms with Crippen LogP contribution in [0.25, 0.3) is 0 Å². The van der Waals surface area contributed by atoms with Crippen molar-refractivity contribution in [2.24, 2.45) is 0 Å². The first kappa shape index (κ1) is 22.6. The summed E-state index contributed by atoms with van der Waals surface area (Å²) in [5, 5.41) is 13.6. The molecular formula is C24H28N4O3S. The van der Waals surface area contributed by atoms with Crippen LogP contribution in [-0.4, -0.2) is 48.5 Å². The summed E-state index contributed by atoms with van der Waals surface area (Å²) in [6.45, 7) is 9.23. The number of pyridine rings is 1. The van der Waals surface area contributed by atoms with Gasteiger partial charge in [-0.2, -0.15) is 5.26 Å². The van der Waals surface area contributed by atoms with Gasteiger partial charge >= 0.3 is 0 Å². The Balaban J connectivity index is 1.63. The molecule has 0 bridgehead atoms. The number of amides is 1. The number of fused-ring (bicyclic) bond motifs is 1. The molecule has 0 radical (unpaired) electrons. The maximum absolute atomic E-state index is 12.6. The average molecular weight is 453 g/mol. The number of rotatable bonds is 5. The Morgan fingerprint density at radius 3 is 2.75 bits per heavy atom. The minimum absolute atomic E-state index is 0.121. The van der Waals surface area contributed by atoms with Gasteiger partial charge in [-0.15, -0.1) is 0 Å². The molecule has 1 fully saturated rings. The van der Waals surface area contributed by atoms with E-state index in [1.807, 2.05) is 45.0 Å². The number of ether oxygens (including phenoxy) is 2. The van der Waals surface area contributed by atoms with Crippen molar-refractivity contribution < 1.29 is 14.3 Å². The fourth-order valence-corrected chi connectivity index (χ4v) is 4.82. The molecule has 168 valence electrons. The summed E-state index contributed by atoms with van der Waals surface area (Å²) >= 11 is 1.31. The minimum atomic E-state index is -0.355. The second-order valence-corrected chi connectivity index (χ2v) is 9.62. The fraction of sp³-hybridized carbons (Fsp3) is 0.458. The number of benzene rings is 1. The lowest BCUT2D eigenvalue weighted by Crippen LogP contribution is -2.39. The van der Waals surface area contributed by atoms with E-state index in [2.05, 4.69) is 16.3 Å². The summed E-state index contributed by atoms with van der Waals surface area (Å²) in [6, 6.07) is 10.0. The maximum Gasteiger partial charge on any atom is 0.234 e. The van der Waals surface area contributed by atoms with Gasteiger partial charge in [-0.25, -0.2) is 4.98 Å². The van der Waals surface area contributed by atoms with Crippen LogP contribution >= 0.6 is 11.8 Å². The van der Waals surface area contributed by atoms with Crippen molar-refractivity contribution in [3.05, 3.63) is 46.5 Å². The number of aromatic nitrogens is 1. The molecule has 1 aromatic heterocycles. The zero-order valence-electron chi connectivity index (χ0n) is 18.7. The molecule has 0 unspecified atom stereocenters. The number of aryl methyl sites for hydroxylation is 1. The number of carbonyl (C=O) groups excluding carboxylic acids is 1. The lowest BCUT2D eigenvalue weighted by atomic mass is 9.89. The average Bonchev–Trinajstić information content (AvgIpc) is 2.78. The van der Waals surface area contributed by atoms with E-state index >= 15 is 0 Å². The molecule has 2 aromatic rings. The molecule has 32 heavy (non-hydrogen) atoms. The number of hydrogen-bond acceptors (Lipinski definition) is 7. The largest absolute Gasteiger partial charge is 0.378 e. The number of nitrogens with one attached hydrogen (secondary N) is 1. The summed E-state index contributed by atoms with van der Waals surface area (Å²) in [4.78, 5) is 19.7. The molecule has 2 aliphatic heterocycles. The lowest BCUT2D eigenvalue weighted by Gasteiger charge is -2.36. The fourth-order valence-electron chi connectivity index (χ4n) is 4.02. The van der Waals surface area contributed by atoms with Crippen LogP contribution in [0.3, 0.4) is 0 Å². The van der Waals surface area contributed by atoms with Gasteiger partial charge < -0.3 is 19.7 Å². The van der Waals surface area contributed by atoms with Crippen LogP contribution < -0.4 is 10.2 Å². The van der Waals surface area contributed by atoms with Gasteiger partial charge in [0, 0.05) is 30.8 Å². The van der Waals surface area contributed by atoms with Crippen molar-refractivity contribution in [1.82, 2.24) is 4.98 Å². The van der Waals surface area contributed by atoms with Gasteiger partial charge in [0.2, 0.25) is 5.91 Å². The van der Waals surface area contributed by atoms with Crippen LogP contribution in [0.4, 0.5) is 11.5 Å². The number of hydrogen-bond donors (Lipinski definition) is 1. The Labute approximate surface area is 193 Å². The molecule has 2 aliphatic rings. The summed E-state index contributed by atoms with van der Waals surface area (Å²) < 4.78 is 11.6. The van der Waals surface area contributed by atoms with E-state index in [0.717, 1.165) is 41.3 Å². The molecule has 0 spiro atoms. The van der Waals surface area contributed by atoms with Crippen LogP contribution in [-0.2, 0) is 27.3 Å². The minimum Gasteiger partial charge on any atom is -0.378 e. The van der Waals surface area contributed by atoms with Gasteiger partial charge in [-0.05, 0) is 38.0 Å². The normalized spacial score (nSPS) is 17.4. The molecule has 0 atom stereocenters. The third kappa shape index (κ3) is 4.90. The predicted molar refractivity (Wildman–Crippen MR) is 125 cm³/mol. The van der Waals surface area contributed by atoms with Crippen molar-refractivity contribution in [1.29, 1.82) is 5.26 Å². The van der Waals surface area contributed by atoms with Crippen LogP contribution in [0.5, 0.6) is 0 Å². The Hall–Kier alpha value is -2.60. The molecule has 3 heterocycles. The van der Waals surface area contributed by atoms with Gasteiger partial charge in [0.05, 0.1) is 36.7 Å². The highest BCUT2D eigenvalue weighted by Gasteiger charge is 2.33. The second-order valence-electron chi connectivity index (χ2n) is 8.66. The van der Waals surface area contributed by atoms with Gasteiger partial charge in [0.1, 0.15) is 16.9 Å². The van der Waals surface area contributed by atoms with Gasteiger partial charge in [-0.1, -0.05) is 30.0 Å². The zero-order valence-corrected chi connectivity index (χ0v) is 19.6. The highest BCUT2D eigenvalue weighted by atomic mass is 32.2. The Morgan fingerprint density at radius 2 is 2.03 bits per heavy atom. The van der Waals surface area contributed by atoms with Crippen molar-refractivity contribution in [2.45, 2.75) is 44.4 Å². The van der Waals surface area contributed by atoms with E-state index in [0.29, 0.717) is 36.8 Å². The molecule has 0 saturated carbocycles. The molecule has 0 aliphatic carbocycles. The Kier molecular flexibility index (Phi) is 6.70. The molecular weight excluding hydrogens is 424 g/mol. The molecule has 1 saturated heterocycles. The molecule has 1 amide bonds. The Morgan fingerprint density at radius 1 is 1.28 bits per heavy atom. The predicted octanol–water partition coefficient (Wildman–Crippen LogP) is 3.68. The Bertz CT molecular complexity index is 1060. The number of anilines is 2. The number of carbonyl (C=O) groups is 1. The summed E-state index contributed by atoms with van der Waals surface area (Å²) in [5.74, 6) is 0.904. The zero-order chi connectivity index (χ0) is 22.7. The van der Waals surface area contributed by atoms with E-state index in [1.54, 1.807) is 0 Å². The van der Waals surface area contributed by atoms with E-state index in [-0.39, 0.29) is 17.3 Å². The SMILES string of the molecule is Cc1ccccc1NC(=O)CSc1nc(N2CCOCC2)c2c(c1C#N)CC(C)(C)OC2. The van der Waals surface area contributed by atoms with E-state index in [1.165, 1.54) is 11.8 Å². The summed E-state index contributed by atoms with van der Waals surface area (Å²) in [5.41, 5.74) is 3.98. The number of morpholine rings is 1. The van der Waals surface area contributed by atoms with E-state index in [4.69, 9.17) is 14.5 Å². The molecule has 1 aromatic carbocycles. The number of thioether (sulfide) groups is 1. The molecule has 7 nitrogen and oxygen atoms in total.